The lowest BCUT2D eigenvalue weighted by Gasteiger charge is -2.36. The molecule has 1 aliphatic rings. The number of urea groups is 1. The van der Waals surface area contributed by atoms with Gasteiger partial charge in [-0.15, -0.1) is 0 Å². The number of carbonyl (C=O) groups is 2. The summed E-state index contributed by atoms with van der Waals surface area (Å²) in [4.78, 5) is 25.2. The summed E-state index contributed by atoms with van der Waals surface area (Å²) >= 11 is 11.9. The number of piperidine rings is 1. The molecule has 1 aromatic carbocycles. The van der Waals surface area contributed by atoms with Crippen LogP contribution in [0.1, 0.15) is 29.6 Å². The fourth-order valence-corrected chi connectivity index (χ4v) is 3.01. The van der Waals surface area contributed by atoms with Crippen LogP contribution in [0.4, 0.5) is 4.79 Å². The van der Waals surface area contributed by atoms with Crippen LogP contribution in [0.25, 0.3) is 0 Å². The zero-order valence-electron chi connectivity index (χ0n) is 11.4. The lowest BCUT2D eigenvalue weighted by molar-refractivity contribution is 0.0615. The fourth-order valence-electron chi connectivity index (χ4n) is 2.52. The van der Waals surface area contributed by atoms with Crippen molar-refractivity contribution in [3.8, 4) is 0 Å². The Balaban J connectivity index is 2.16. The second-order valence-electron chi connectivity index (χ2n) is 5.02. The predicted molar refractivity (Wildman–Crippen MR) is 82.7 cm³/mol. The molecule has 1 atom stereocenters. The number of nitrogens with two attached hydrogens (primary N) is 1. The number of carbonyl (C=O) groups excluding carboxylic acids is 2. The number of nitrogens with zero attached hydrogens (tertiary/aromatic N) is 1. The molecule has 0 radical (unpaired) electrons. The van der Waals surface area contributed by atoms with E-state index in [1.54, 1.807) is 23.1 Å². The molecule has 114 valence electrons. The van der Waals surface area contributed by atoms with Gasteiger partial charge in [-0.2, -0.15) is 0 Å². The second kappa shape index (κ2) is 7.00. The second-order valence-corrected chi connectivity index (χ2v) is 5.86. The smallest absolute Gasteiger partial charge is 0.312 e. The van der Waals surface area contributed by atoms with Crippen molar-refractivity contribution in [2.75, 3.05) is 13.1 Å². The van der Waals surface area contributed by atoms with Gasteiger partial charge in [0.15, 0.2) is 0 Å². The summed E-state index contributed by atoms with van der Waals surface area (Å²) in [6, 6.07) is 4.17. The Hall–Kier alpha value is -1.46. The van der Waals surface area contributed by atoms with Crippen molar-refractivity contribution in [3.05, 3.63) is 33.8 Å². The lowest BCUT2D eigenvalue weighted by atomic mass is 10.0. The first kappa shape index (κ1) is 15.9. The molecule has 3 amide bonds. The van der Waals surface area contributed by atoms with Crippen LogP contribution in [-0.4, -0.2) is 36.0 Å². The van der Waals surface area contributed by atoms with Gasteiger partial charge in [-0.3, -0.25) is 4.79 Å². The molecule has 7 heteroatoms. The van der Waals surface area contributed by atoms with Gasteiger partial charge in [0.2, 0.25) is 0 Å². The number of benzene rings is 1. The number of hydrogen-bond donors (Lipinski definition) is 2. The number of nitrogens with one attached hydrogen (secondary N) is 1. The number of hydrogen-bond acceptors (Lipinski definition) is 2. The Labute approximate surface area is 133 Å². The molecule has 3 N–H and O–H groups in total. The van der Waals surface area contributed by atoms with Gasteiger partial charge in [-0.25, -0.2) is 4.79 Å². The molecule has 1 saturated heterocycles. The van der Waals surface area contributed by atoms with Crippen LogP contribution in [-0.2, 0) is 0 Å². The van der Waals surface area contributed by atoms with E-state index in [9.17, 15) is 9.59 Å². The lowest BCUT2D eigenvalue weighted by Crippen LogP contribution is -2.50. The van der Waals surface area contributed by atoms with Gasteiger partial charge < -0.3 is 16.0 Å². The summed E-state index contributed by atoms with van der Waals surface area (Å²) in [6.45, 7) is 0.995. The van der Waals surface area contributed by atoms with Gasteiger partial charge in [0.1, 0.15) is 0 Å². The summed E-state index contributed by atoms with van der Waals surface area (Å²) in [6.07, 6.45) is 2.78. The average molecular weight is 330 g/mol. The first-order chi connectivity index (χ1) is 9.99. The van der Waals surface area contributed by atoms with E-state index in [0.29, 0.717) is 28.7 Å². The maximum absolute atomic E-state index is 12.6. The minimum atomic E-state index is -0.586. The molecule has 2 rings (SSSR count). The van der Waals surface area contributed by atoms with Crippen molar-refractivity contribution in [2.24, 2.45) is 5.73 Å². The molecular formula is C14H17Cl2N3O2. The van der Waals surface area contributed by atoms with Crippen LogP contribution < -0.4 is 11.1 Å². The first-order valence-corrected chi connectivity index (χ1v) is 7.54. The van der Waals surface area contributed by atoms with Crippen molar-refractivity contribution in [1.29, 1.82) is 0 Å². The van der Waals surface area contributed by atoms with Crippen molar-refractivity contribution in [2.45, 2.75) is 25.3 Å². The third-order valence-electron chi connectivity index (χ3n) is 3.56. The van der Waals surface area contributed by atoms with Crippen LogP contribution in [0.3, 0.4) is 0 Å². The molecule has 1 unspecified atom stereocenters. The topological polar surface area (TPSA) is 75.4 Å². The molecule has 1 heterocycles. The molecule has 1 aliphatic heterocycles. The number of halogens is 2. The van der Waals surface area contributed by atoms with E-state index in [2.05, 4.69) is 5.32 Å². The third kappa shape index (κ3) is 4.02. The number of primary amides is 1. The highest BCUT2D eigenvalue weighted by atomic mass is 35.5. The van der Waals surface area contributed by atoms with Gasteiger partial charge in [-0.1, -0.05) is 23.2 Å². The predicted octanol–water partition coefficient (Wildman–Crippen LogP) is 2.66. The van der Waals surface area contributed by atoms with Crippen LogP contribution in [0.5, 0.6) is 0 Å². The Morgan fingerprint density at radius 3 is 2.76 bits per heavy atom. The largest absolute Gasteiger partial charge is 0.352 e. The maximum Gasteiger partial charge on any atom is 0.312 e. The molecule has 0 spiro atoms. The van der Waals surface area contributed by atoms with Crippen molar-refractivity contribution < 1.29 is 9.59 Å². The molecule has 1 aromatic rings. The molecular weight excluding hydrogens is 313 g/mol. The van der Waals surface area contributed by atoms with Gasteiger partial charge in [-0.05, 0) is 37.5 Å². The van der Waals surface area contributed by atoms with Crippen molar-refractivity contribution in [1.82, 2.24) is 10.2 Å². The van der Waals surface area contributed by atoms with Crippen molar-refractivity contribution >= 4 is 35.1 Å². The Bertz CT molecular complexity index is 551. The van der Waals surface area contributed by atoms with Crippen LogP contribution in [0, 0.1) is 0 Å². The SMILES string of the molecule is NC(=O)NCC1CCCCN1C(=O)c1ccc(Cl)cc1Cl. The van der Waals surface area contributed by atoms with E-state index < -0.39 is 6.03 Å². The molecule has 21 heavy (non-hydrogen) atoms. The normalized spacial score (nSPS) is 18.4. The third-order valence-corrected chi connectivity index (χ3v) is 4.11. The summed E-state index contributed by atoms with van der Waals surface area (Å²) < 4.78 is 0. The van der Waals surface area contributed by atoms with Gasteiger partial charge >= 0.3 is 6.03 Å². The summed E-state index contributed by atoms with van der Waals surface area (Å²) in [7, 11) is 0. The first-order valence-electron chi connectivity index (χ1n) is 6.78. The number of amides is 3. The fraction of sp³-hybridized carbons (Fsp3) is 0.429. The Morgan fingerprint density at radius 2 is 2.10 bits per heavy atom. The molecule has 0 aromatic heterocycles. The summed E-state index contributed by atoms with van der Waals surface area (Å²) in [5, 5.41) is 3.39. The highest BCUT2D eigenvalue weighted by molar-refractivity contribution is 6.36. The minimum Gasteiger partial charge on any atom is -0.352 e. The van der Waals surface area contributed by atoms with Gasteiger partial charge in [0.25, 0.3) is 5.91 Å². The maximum atomic E-state index is 12.6. The van der Waals surface area contributed by atoms with Crippen LogP contribution in [0.15, 0.2) is 18.2 Å². The van der Waals surface area contributed by atoms with E-state index in [1.165, 1.54) is 0 Å². The monoisotopic (exact) mass is 329 g/mol. The molecule has 1 fully saturated rings. The molecule has 0 aliphatic carbocycles. The van der Waals surface area contributed by atoms with Crippen molar-refractivity contribution in [3.63, 3.8) is 0 Å². The average Bonchev–Trinajstić information content (AvgIpc) is 2.45. The molecule has 0 saturated carbocycles. The van der Waals surface area contributed by atoms with Crippen LogP contribution in [0.2, 0.25) is 10.0 Å². The number of likely N-dealkylation sites (tertiary alicyclic amines) is 1. The minimum absolute atomic E-state index is 0.0644. The van der Waals surface area contributed by atoms with E-state index in [1.807, 2.05) is 0 Å². The van der Waals surface area contributed by atoms with E-state index in [0.717, 1.165) is 19.3 Å². The highest BCUT2D eigenvalue weighted by Gasteiger charge is 2.28. The Kier molecular flexibility index (Phi) is 5.31. The molecule has 5 nitrogen and oxygen atoms in total. The number of rotatable bonds is 3. The summed E-state index contributed by atoms with van der Waals surface area (Å²) in [5.41, 5.74) is 5.52. The zero-order valence-corrected chi connectivity index (χ0v) is 13.0. The van der Waals surface area contributed by atoms with E-state index >= 15 is 0 Å². The van der Waals surface area contributed by atoms with E-state index in [4.69, 9.17) is 28.9 Å². The zero-order chi connectivity index (χ0) is 15.4. The van der Waals surface area contributed by atoms with E-state index in [-0.39, 0.29) is 11.9 Å². The quantitative estimate of drug-likeness (QED) is 0.894. The summed E-state index contributed by atoms with van der Waals surface area (Å²) in [5.74, 6) is -0.146. The Morgan fingerprint density at radius 1 is 1.33 bits per heavy atom. The van der Waals surface area contributed by atoms with Gasteiger partial charge in [0.05, 0.1) is 10.6 Å². The molecule has 0 bridgehead atoms. The van der Waals surface area contributed by atoms with Crippen LogP contribution >= 0.6 is 23.2 Å². The standard InChI is InChI=1S/C14H17Cl2N3O2/c15-9-4-5-11(12(16)7-9)13(20)19-6-2-1-3-10(19)8-18-14(17)21/h4-5,7,10H,1-3,6,8H2,(H3,17,18,21). The van der Waals surface area contributed by atoms with Gasteiger partial charge in [0, 0.05) is 24.2 Å². The highest BCUT2D eigenvalue weighted by Crippen LogP contribution is 2.25.